The quantitative estimate of drug-likeness (QED) is 0.598. The molecule has 0 heterocycles. The lowest BCUT2D eigenvalue weighted by atomic mass is 10.1. The van der Waals surface area contributed by atoms with Crippen molar-refractivity contribution in [2.75, 3.05) is 36.9 Å². The summed E-state index contributed by atoms with van der Waals surface area (Å²) in [5.74, 6) is 0.741. The topological polar surface area (TPSA) is 84.9 Å². The van der Waals surface area contributed by atoms with Gasteiger partial charge in [-0.1, -0.05) is 29.8 Å². The average Bonchev–Trinajstić information content (AvgIpc) is 2.65. The molecule has 0 aliphatic carbocycles. The Morgan fingerprint density at radius 3 is 2.45 bits per heavy atom. The molecule has 0 saturated carbocycles. The van der Waals surface area contributed by atoms with E-state index in [1.165, 1.54) is 0 Å². The number of nitrogens with one attached hydrogen (secondary N) is 1. The first kappa shape index (κ1) is 22.5. The van der Waals surface area contributed by atoms with Gasteiger partial charge >= 0.3 is 0 Å². The number of para-hydroxylation sites is 2. The Bertz CT molecular complexity index is 944. The van der Waals surface area contributed by atoms with Crippen molar-refractivity contribution in [3.63, 3.8) is 0 Å². The number of anilines is 1. The maximum Gasteiger partial charge on any atom is 0.240 e. The molecule has 0 unspecified atom stereocenters. The lowest BCUT2D eigenvalue weighted by Crippen LogP contribution is -2.41. The summed E-state index contributed by atoms with van der Waals surface area (Å²) >= 11 is 0. The molecule has 0 atom stereocenters. The summed E-state index contributed by atoms with van der Waals surface area (Å²) in [6.45, 7) is 6.36. The van der Waals surface area contributed by atoms with Crippen molar-refractivity contribution in [3.8, 4) is 11.5 Å². The van der Waals surface area contributed by atoms with Gasteiger partial charge in [0, 0.05) is 0 Å². The molecule has 0 aromatic heterocycles. The van der Waals surface area contributed by atoms with Gasteiger partial charge in [-0.2, -0.15) is 0 Å². The van der Waals surface area contributed by atoms with Crippen LogP contribution in [-0.2, 0) is 14.8 Å². The summed E-state index contributed by atoms with van der Waals surface area (Å²) in [7, 11) is -3.68. The number of sulfonamides is 1. The number of ether oxygens (including phenoxy) is 2. The van der Waals surface area contributed by atoms with Crippen LogP contribution in [0.2, 0.25) is 0 Å². The first-order chi connectivity index (χ1) is 13.7. The smallest absolute Gasteiger partial charge is 0.240 e. The van der Waals surface area contributed by atoms with Crippen LogP contribution in [0.4, 0.5) is 5.69 Å². The molecular formula is C21H28N2O5S. The van der Waals surface area contributed by atoms with Crippen LogP contribution in [-0.4, -0.2) is 46.9 Å². The minimum Gasteiger partial charge on any atom is -0.492 e. The van der Waals surface area contributed by atoms with Crippen LogP contribution < -0.4 is 19.1 Å². The summed E-state index contributed by atoms with van der Waals surface area (Å²) in [6.07, 6.45) is 1.06. The molecule has 1 amide bonds. The number of hydrogen-bond donors (Lipinski definition) is 1. The van der Waals surface area contributed by atoms with Crippen LogP contribution in [0.25, 0.3) is 0 Å². The highest BCUT2D eigenvalue weighted by atomic mass is 32.2. The first-order valence-corrected chi connectivity index (χ1v) is 11.2. The molecule has 0 spiro atoms. The largest absolute Gasteiger partial charge is 0.492 e. The summed E-state index contributed by atoms with van der Waals surface area (Å²) < 4.78 is 36.8. The summed E-state index contributed by atoms with van der Waals surface area (Å²) in [6, 6.07) is 12.6. The Morgan fingerprint density at radius 2 is 1.79 bits per heavy atom. The van der Waals surface area contributed by atoms with E-state index < -0.39 is 15.9 Å². The molecule has 0 aliphatic rings. The summed E-state index contributed by atoms with van der Waals surface area (Å²) in [4.78, 5) is 12.4. The second-order valence-electron chi connectivity index (χ2n) is 6.64. The Kier molecular flexibility index (Phi) is 7.90. The third-order valence-electron chi connectivity index (χ3n) is 4.13. The Balaban J connectivity index is 1.97. The second-order valence-corrected chi connectivity index (χ2v) is 8.54. The first-order valence-electron chi connectivity index (χ1n) is 9.38. The number of benzene rings is 2. The van der Waals surface area contributed by atoms with Crippen molar-refractivity contribution in [1.29, 1.82) is 0 Å². The van der Waals surface area contributed by atoms with Crippen LogP contribution >= 0.6 is 0 Å². The van der Waals surface area contributed by atoms with Crippen LogP contribution in [0, 0.1) is 13.8 Å². The van der Waals surface area contributed by atoms with Crippen molar-refractivity contribution in [1.82, 2.24) is 5.32 Å². The third kappa shape index (κ3) is 6.67. The zero-order valence-corrected chi connectivity index (χ0v) is 18.1. The highest BCUT2D eigenvalue weighted by molar-refractivity contribution is 7.92. The number of carbonyl (C=O) groups is 1. The minimum absolute atomic E-state index is 0.261. The number of rotatable bonds is 10. The highest BCUT2D eigenvalue weighted by Crippen LogP contribution is 2.29. The molecule has 2 rings (SSSR count). The van der Waals surface area contributed by atoms with Gasteiger partial charge in [0.1, 0.15) is 24.7 Å². The molecule has 8 heteroatoms. The van der Waals surface area contributed by atoms with Crippen LogP contribution in [0.3, 0.4) is 0 Å². The van der Waals surface area contributed by atoms with E-state index in [1.54, 1.807) is 24.3 Å². The third-order valence-corrected chi connectivity index (χ3v) is 5.26. The van der Waals surface area contributed by atoms with Gasteiger partial charge < -0.3 is 14.8 Å². The van der Waals surface area contributed by atoms with Crippen molar-refractivity contribution in [3.05, 3.63) is 53.6 Å². The highest BCUT2D eigenvalue weighted by Gasteiger charge is 2.23. The van der Waals surface area contributed by atoms with Gasteiger partial charge in [0.15, 0.2) is 0 Å². The predicted molar refractivity (Wildman–Crippen MR) is 114 cm³/mol. The van der Waals surface area contributed by atoms with Crippen molar-refractivity contribution >= 4 is 21.6 Å². The number of nitrogens with zero attached hydrogens (tertiary/aromatic N) is 1. The van der Waals surface area contributed by atoms with Crippen molar-refractivity contribution < 1.29 is 22.7 Å². The summed E-state index contributed by atoms with van der Waals surface area (Å²) in [5, 5.41) is 2.70. The molecule has 1 N–H and O–H groups in total. The molecule has 0 fully saturated rings. The molecule has 0 saturated heterocycles. The molecular weight excluding hydrogens is 392 g/mol. The maximum absolute atomic E-state index is 12.4. The Hall–Kier alpha value is -2.74. The number of aryl methyl sites for hydroxylation is 2. The lowest BCUT2D eigenvalue weighted by molar-refractivity contribution is -0.119. The van der Waals surface area contributed by atoms with Gasteiger partial charge in [0.2, 0.25) is 15.9 Å². The van der Waals surface area contributed by atoms with E-state index >= 15 is 0 Å². The maximum atomic E-state index is 12.4. The van der Waals surface area contributed by atoms with Gasteiger partial charge in [-0.3, -0.25) is 9.10 Å². The second kappa shape index (κ2) is 10.2. The van der Waals surface area contributed by atoms with Gasteiger partial charge in [-0.15, -0.1) is 0 Å². The predicted octanol–water partition coefficient (Wildman–Crippen LogP) is 2.66. The molecule has 7 nitrogen and oxygen atoms in total. The minimum atomic E-state index is -3.68. The fraction of sp³-hybridized carbons (Fsp3) is 0.381. The molecule has 158 valence electrons. The Morgan fingerprint density at radius 1 is 1.07 bits per heavy atom. The molecule has 29 heavy (non-hydrogen) atoms. The van der Waals surface area contributed by atoms with E-state index in [9.17, 15) is 13.2 Å². The van der Waals surface area contributed by atoms with Gasteiger partial charge in [0.25, 0.3) is 0 Å². The van der Waals surface area contributed by atoms with E-state index in [0.717, 1.165) is 27.4 Å². The zero-order valence-electron chi connectivity index (χ0n) is 17.3. The number of hydrogen-bond acceptors (Lipinski definition) is 5. The van der Waals surface area contributed by atoms with E-state index in [-0.39, 0.29) is 19.7 Å². The SMILES string of the molecule is CCOc1ccccc1N(CC(=O)NCCOc1ccc(C)cc1C)S(C)(=O)=O. The van der Waals surface area contributed by atoms with Gasteiger partial charge in [-0.05, 0) is 44.5 Å². The van der Waals surface area contributed by atoms with Gasteiger partial charge in [-0.25, -0.2) is 8.42 Å². The van der Waals surface area contributed by atoms with Gasteiger partial charge in [0.05, 0.1) is 25.1 Å². The summed E-state index contributed by atoms with van der Waals surface area (Å²) in [5.41, 5.74) is 2.50. The number of amides is 1. The van der Waals surface area contributed by atoms with E-state index in [4.69, 9.17) is 9.47 Å². The fourth-order valence-corrected chi connectivity index (χ4v) is 3.68. The molecule has 0 bridgehead atoms. The van der Waals surface area contributed by atoms with E-state index in [2.05, 4.69) is 5.32 Å². The molecule has 0 radical (unpaired) electrons. The molecule has 2 aromatic rings. The fourth-order valence-electron chi connectivity index (χ4n) is 2.82. The molecule has 0 aliphatic heterocycles. The van der Waals surface area contributed by atoms with Crippen molar-refractivity contribution in [2.24, 2.45) is 0 Å². The van der Waals surface area contributed by atoms with Crippen LogP contribution in [0.5, 0.6) is 11.5 Å². The van der Waals surface area contributed by atoms with E-state index in [0.29, 0.717) is 18.0 Å². The number of carbonyl (C=O) groups excluding carboxylic acids is 1. The lowest BCUT2D eigenvalue weighted by Gasteiger charge is -2.24. The zero-order chi connectivity index (χ0) is 21.4. The van der Waals surface area contributed by atoms with Crippen LogP contribution in [0.1, 0.15) is 18.1 Å². The normalized spacial score (nSPS) is 11.0. The Labute approximate surface area is 172 Å². The molecule has 2 aromatic carbocycles. The standard InChI is InChI=1S/C21H28N2O5S/c1-5-27-20-9-7-6-8-18(20)23(29(4,25)26)15-21(24)22-12-13-28-19-11-10-16(2)14-17(19)3/h6-11,14H,5,12-13,15H2,1-4H3,(H,22,24). The average molecular weight is 421 g/mol. The van der Waals surface area contributed by atoms with Crippen LogP contribution in [0.15, 0.2) is 42.5 Å². The van der Waals surface area contributed by atoms with E-state index in [1.807, 2.05) is 39.0 Å². The van der Waals surface area contributed by atoms with Crippen molar-refractivity contribution in [2.45, 2.75) is 20.8 Å². The monoisotopic (exact) mass is 420 g/mol.